The normalized spacial score (nSPS) is 22.2. The van der Waals surface area contributed by atoms with E-state index in [0.29, 0.717) is 49.5 Å². The Labute approximate surface area is 392 Å². The van der Waals surface area contributed by atoms with E-state index < -0.39 is 47.2 Å². The third-order valence-electron chi connectivity index (χ3n) is 13.8. The number of ether oxygens (including phenoxy) is 2. The first kappa shape index (κ1) is 47.6. The lowest BCUT2D eigenvalue weighted by atomic mass is 9.84. The summed E-state index contributed by atoms with van der Waals surface area (Å²) in [6.07, 6.45) is 7.31. The minimum absolute atomic E-state index is 0.0138. The van der Waals surface area contributed by atoms with E-state index in [1.54, 1.807) is 39.5 Å². The minimum Gasteiger partial charge on any atom is -0.508 e. The molecule has 0 spiro atoms. The van der Waals surface area contributed by atoms with E-state index in [-0.39, 0.29) is 55.8 Å². The number of amides is 4. The van der Waals surface area contributed by atoms with Gasteiger partial charge in [0.05, 0.1) is 25.5 Å². The summed E-state index contributed by atoms with van der Waals surface area (Å²) < 4.78 is 14.0. The highest BCUT2D eigenvalue weighted by Crippen LogP contribution is 2.42. The second kappa shape index (κ2) is 19.4. The third kappa shape index (κ3) is 10.2. The average molecular weight is 919 g/mol. The van der Waals surface area contributed by atoms with Crippen molar-refractivity contribution in [1.82, 2.24) is 40.4 Å². The number of pyridine rings is 1. The first-order chi connectivity index (χ1) is 32.0. The number of phenols is 1. The van der Waals surface area contributed by atoms with Gasteiger partial charge in [-0.2, -0.15) is 0 Å². The number of methoxy groups -OCH3 is 1. The van der Waals surface area contributed by atoms with Gasteiger partial charge in [0.25, 0.3) is 5.91 Å². The molecule has 16 heteroatoms. The van der Waals surface area contributed by atoms with Crippen LogP contribution in [0.15, 0.2) is 54.9 Å². The maximum absolute atomic E-state index is 14.7. The van der Waals surface area contributed by atoms with Gasteiger partial charge in [0.1, 0.15) is 29.9 Å². The molecule has 1 unspecified atom stereocenters. The second-order valence-corrected chi connectivity index (χ2v) is 20.1. The molecule has 2 saturated heterocycles. The van der Waals surface area contributed by atoms with Gasteiger partial charge < -0.3 is 34.3 Å². The zero-order valence-corrected chi connectivity index (χ0v) is 40.1. The summed E-state index contributed by atoms with van der Waals surface area (Å²) in [6.45, 7) is 11.1. The van der Waals surface area contributed by atoms with Crippen molar-refractivity contribution in [2.24, 2.45) is 17.3 Å². The van der Waals surface area contributed by atoms with Crippen molar-refractivity contribution in [1.29, 1.82) is 0 Å². The van der Waals surface area contributed by atoms with Gasteiger partial charge in [0, 0.05) is 81.0 Å². The van der Waals surface area contributed by atoms with Gasteiger partial charge in [0.2, 0.25) is 17.7 Å². The number of nitrogens with zero attached hydrogens (tertiary/aromatic N) is 5. The molecule has 3 fully saturated rings. The van der Waals surface area contributed by atoms with Crippen LogP contribution in [-0.2, 0) is 59.4 Å². The highest BCUT2D eigenvalue weighted by Gasteiger charge is 2.52. The van der Waals surface area contributed by atoms with Crippen molar-refractivity contribution in [2.75, 3.05) is 40.9 Å². The van der Waals surface area contributed by atoms with Gasteiger partial charge in [-0.25, -0.2) is 5.43 Å². The smallest absolute Gasteiger partial charge is 0.324 e. The van der Waals surface area contributed by atoms with Crippen LogP contribution in [0.3, 0.4) is 0 Å². The van der Waals surface area contributed by atoms with Crippen LogP contribution in [0.5, 0.6) is 5.75 Å². The zero-order chi connectivity index (χ0) is 47.9. The van der Waals surface area contributed by atoms with E-state index in [4.69, 9.17) is 9.47 Å². The molecule has 1 aliphatic carbocycles. The molecule has 5 heterocycles. The molecule has 5 atom stereocenters. The van der Waals surface area contributed by atoms with Gasteiger partial charge in [-0.15, -0.1) is 0 Å². The van der Waals surface area contributed by atoms with Crippen molar-refractivity contribution < 1.29 is 38.6 Å². The largest absolute Gasteiger partial charge is 0.508 e. The number of hydrogen-bond donors (Lipinski definition) is 4. The van der Waals surface area contributed by atoms with E-state index in [9.17, 15) is 29.1 Å². The SMILES string of the molecule is CCn1c(-c2cnccc2COC)c2c3cc(ccc31)-c1cc(O)cc(c1)C[C@H](NC(=O)C(C(C)C)N(C)C(=O)CN(C)C(=O)[C@@H]1N[C@@H]1C1CC1)C(=O)N1CCC[C@H](N1)C(=O)OCC(C)(C)C2. The standard InChI is InChI=1S/C51H66N8O8/c1-9-58-41-15-14-32-23-36(41)37(46(58)38-25-52-17-16-33(38)27-66-8)24-51(4,5)28-67-50(65)39-11-10-18-59(55-39)48(63)40(21-30-19-34(32)22-35(60)20-30)53-47(62)45(29(2)3)57(7)42(61)26-56(6)49(64)44-43(54-44)31-12-13-31/h14-17,19-20,22-23,25,29,31,39-40,43-45,54-55,60H,9-13,18,21,24,26-28H2,1-8H3,(H,53,62)/t39-,40-,43+,44+,45?/m0/s1. The minimum atomic E-state index is -1.17. The lowest BCUT2D eigenvalue weighted by molar-refractivity contribution is -0.155. The van der Waals surface area contributed by atoms with Gasteiger partial charge >= 0.3 is 5.97 Å². The molecule has 4 N–H and O–H groups in total. The predicted octanol–water partition coefficient (Wildman–Crippen LogP) is 4.58. The number of nitrogens with one attached hydrogen (secondary N) is 3. The number of rotatable bonds is 12. The summed E-state index contributed by atoms with van der Waals surface area (Å²) in [5.74, 6) is -1.95. The number of fused-ring (bicyclic) bond motifs is 6. The van der Waals surface area contributed by atoms with Gasteiger partial charge in [-0.3, -0.25) is 39.3 Å². The topological polar surface area (TPSA) is 198 Å². The molecule has 4 amide bonds. The first-order valence-electron chi connectivity index (χ1n) is 23.7. The number of phenolic OH excluding ortho intramolecular Hbond substituents is 1. The molecular formula is C51H66N8O8. The Bertz CT molecular complexity index is 2550. The fourth-order valence-corrected chi connectivity index (χ4v) is 10.1. The highest BCUT2D eigenvalue weighted by molar-refractivity contribution is 5.96. The zero-order valence-electron chi connectivity index (χ0n) is 40.1. The number of carbonyl (C=O) groups is 5. The van der Waals surface area contributed by atoms with Crippen LogP contribution in [0.25, 0.3) is 33.3 Å². The number of hydrazine groups is 1. The molecule has 2 aromatic heterocycles. The lowest BCUT2D eigenvalue weighted by Gasteiger charge is -2.37. The Morgan fingerprint density at radius 2 is 1.84 bits per heavy atom. The van der Waals surface area contributed by atoms with Crippen LogP contribution in [0, 0.1) is 17.3 Å². The Morgan fingerprint density at radius 3 is 2.55 bits per heavy atom. The molecule has 1 saturated carbocycles. The van der Waals surface area contributed by atoms with Crippen LogP contribution in [0.2, 0.25) is 0 Å². The van der Waals surface area contributed by atoms with Gasteiger partial charge in [-0.05, 0) is 109 Å². The number of benzene rings is 2. The van der Waals surface area contributed by atoms with E-state index in [1.807, 2.05) is 38.2 Å². The number of aryl methyl sites for hydroxylation is 1. The number of cyclic esters (lactones) is 1. The molecule has 4 aromatic rings. The van der Waals surface area contributed by atoms with Crippen LogP contribution in [0.4, 0.5) is 0 Å². The van der Waals surface area contributed by atoms with Crippen LogP contribution in [0.1, 0.15) is 77.0 Å². The van der Waals surface area contributed by atoms with Crippen LogP contribution >= 0.6 is 0 Å². The number of carbonyl (C=O) groups excluding carboxylic acids is 5. The summed E-state index contributed by atoms with van der Waals surface area (Å²) in [7, 11) is 4.81. The molecule has 6 bridgehead atoms. The van der Waals surface area contributed by atoms with Crippen LogP contribution in [-0.4, -0.2) is 130 Å². The predicted molar refractivity (Wildman–Crippen MR) is 253 cm³/mol. The summed E-state index contributed by atoms with van der Waals surface area (Å²) in [6, 6.07) is 10.3. The number of esters is 1. The monoisotopic (exact) mass is 919 g/mol. The van der Waals surface area contributed by atoms with Crippen molar-refractivity contribution in [3.8, 4) is 28.1 Å². The maximum Gasteiger partial charge on any atom is 0.324 e. The quantitative estimate of drug-likeness (QED) is 0.115. The van der Waals surface area contributed by atoms with E-state index in [2.05, 4.69) is 58.5 Å². The Kier molecular flexibility index (Phi) is 13.8. The summed E-state index contributed by atoms with van der Waals surface area (Å²) in [5.41, 5.74) is 9.72. The number of aromatic nitrogens is 2. The van der Waals surface area contributed by atoms with Crippen molar-refractivity contribution in [3.63, 3.8) is 0 Å². The van der Waals surface area contributed by atoms with Gasteiger partial charge in [-0.1, -0.05) is 39.8 Å². The molecule has 8 rings (SSSR count). The third-order valence-corrected chi connectivity index (χ3v) is 13.8. The van der Waals surface area contributed by atoms with Crippen molar-refractivity contribution in [3.05, 3.63) is 71.5 Å². The Hall–Kier alpha value is -5.84. The Morgan fingerprint density at radius 1 is 1.06 bits per heavy atom. The average Bonchev–Trinajstić information content (AvgIpc) is 4.24. The maximum atomic E-state index is 14.7. The van der Waals surface area contributed by atoms with Crippen LogP contribution < -0.4 is 16.1 Å². The second-order valence-electron chi connectivity index (χ2n) is 20.1. The van der Waals surface area contributed by atoms with Crippen molar-refractivity contribution >= 4 is 40.5 Å². The molecule has 4 aliphatic rings. The van der Waals surface area contributed by atoms with E-state index >= 15 is 0 Å². The first-order valence-corrected chi connectivity index (χ1v) is 23.7. The molecule has 67 heavy (non-hydrogen) atoms. The highest BCUT2D eigenvalue weighted by atomic mass is 16.5. The van der Waals surface area contributed by atoms with E-state index in [1.165, 1.54) is 14.8 Å². The summed E-state index contributed by atoms with van der Waals surface area (Å²) in [5, 5.41) is 19.9. The number of hydrogen-bond acceptors (Lipinski definition) is 11. The molecule has 2 aromatic carbocycles. The Balaban J connectivity index is 1.15. The lowest BCUT2D eigenvalue weighted by Crippen LogP contribution is -2.62. The number of aromatic hydroxyl groups is 1. The fraction of sp³-hybridized carbons (Fsp3) is 0.529. The molecule has 358 valence electrons. The fourth-order valence-electron chi connectivity index (χ4n) is 10.1. The molecule has 16 nitrogen and oxygen atoms in total. The van der Waals surface area contributed by atoms with Gasteiger partial charge in [0.15, 0.2) is 0 Å². The summed E-state index contributed by atoms with van der Waals surface area (Å²) >= 11 is 0. The molecular weight excluding hydrogens is 853 g/mol. The summed E-state index contributed by atoms with van der Waals surface area (Å²) in [4.78, 5) is 77.4. The molecule has 0 radical (unpaired) electrons. The van der Waals surface area contributed by atoms with E-state index in [0.717, 1.165) is 51.7 Å². The van der Waals surface area contributed by atoms with Crippen molar-refractivity contribution in [2.45, 2.75) is 117 Å². The number of likely N-dealkylation sites (N-methyl/N-ethyl adjacent to an activating group) is 2. The molecule has 3 aliphatic heterocycles.